The van der Waals surface area contributed by atoms with Gasteiger partial charge in [0.05, 0.1) is 6.61 Å². The molecule has 0 heterocycles. The number of carboxylic acid groups (broad SMARTS) is 2. The molecule has 0 saturated heterocycles. The van der Waals surface area contributed by atoms with Gasteiger partial charge in [0.1, 0.15) is 5.75 Å². The van der Waals surface area contributed by atoms with Crippen molar-refractivity contribution >= 4 is 17.8 Å². The average molecular weight is 570 g/mol. The van der Waals surface area contributed by atoms with Crippen molar-refractivity contribution in [2.45, 2.75) is 57.8 Å². The fourth-order valence-electron chi connectivity index (χ4n) is 4.65. The maximum atomic E-state index is 12.7. The molecule has 3 aromatic carbocycles. The van der Waals surface area contributed by atoms with Crippen molar-refractivity contribution in [2.24, 2.45) is 0 Å². The van der Waals surface area contributed by atoms with Gasteiger partial charge in [0.2, 0.25) is 0 Å². The Labute approximate surface area is 248 Å². The second-order valence-corrected chi connectivity index (χ2v) is 10.4. The summed E-state index contributed by atoms with van der Waals surface area (Å²) in [6.07, 6.45) is 5.13. The lowest BCUT2D eigenvalue weighted by molar-refractivity contribution is -0.138. The Hall–Kier alpha value is -4.57. The van der Waals surface area contributed by atoms with Crippen LogP contribution in [0.15, 0.2) is 66.7 Å². The Morgan fingerprint density at radius 2 is 1.55 bits per heavy atom. The van der Waals surface area contributed by atoms with E-state index in [0.717, 1.165) is 59.9 Å². The number of amides is 1. The molecule has 2 N–H and O–H groups in total. The molecule has 0 saturated carbocycles. The third kappa shape index (κ3) is 10.4. The van der Waals surface area contributed by atoms with Crippen LogP contribution in [0.25, 0.3) is 11.1 Å². The highest BCUT2D eigenvalue weighted by Crippen LogP contribution is 2.27. The molecule has 0 aliphatic rings. The van der Waals surface area contributed by atoms with E-state index in [1.807, 2.05) is 66.7 Å². The smallest absolute Gasteiger partial charge is 0.303 e. The Kier molecular flexibility index (Phi) is 12.7. The molecule has 7 nitrogen and oxygen atoms in total. The van der Waals surface area contributed by atoms with Crippen molar-refractivity contribution in [3.05, 3.63) is 89.0 Å². The van der Waals surface area contributed by atoms with Gasteiger partial charge in [-0.25, -0.2) is 0 Å². The zero-order valence-corrected chi connectivity index (χ0v) is 24.4. The molecule has 1 amide bonds. The van der Waals surface area contributed by atoms with E-state index in [9.17, 15) is 19.5 Å². The average Bonchev–Trinajstić information content (AvgIpc) is 2.97. The molecule has 0 aliphatic carbocycles. The van der Waals surface area contributed by atoms with Gasteiger partial charge < -0.3 is 19.8 Å². The molecule has 3 rings (SSSR count). The van der Waals surface area contributed by atoms with Crippen molar-refractivity contribution in [3.8, 4) is 28.7 Å². The summed E-state index contributed by atoms with van der Waals surface area (Å²) >= 11 is 0. The molecule has 0 atom stereocenters. The monoisotopic (exact) mass is 569 g/mol. The molecular weight excluding hydrogens is 530 g/mol. The van der Waals surface area contributed by atoms with Crippen LogP contribution in [-0.2, 0) is 22.4 Å². The maximum Gasteiger partial charge on any atom is 0.303 e. The summed E-state index contributed by atoms with van der Waals surface area (Å²) in [5.41, 5.74) is 5.36. The van der Waals surface area contributed by atoms with E-state index in [2.05, 4.69) is 11.8 Å². The van der Waals surface area contributed by atoms with Gasteiger partial charge in [-0.3, -0.25) is 14.4 Å². The second kappa shape index (κ2) is 16.6. The van der Waals surface area contributed by atoms with Crippen LogP contribution in [0.4, 0.5) is 0 Å². The summed E-state index contributed by atoms with van der Waals surface area (Å²) in [6.45, 7) is 0.271. The predicted octanol–water partition coefficient (Wildman–Crippen LogP) is 6.47. The predicted molar refractivity (Wildman–Crippen MR) is 164 cm³/mol. The highest BCUT2D eigenvalue weighted by molar-refractivity contribution is 5.95. The van der Waals surface area contributed by atoms with Gasteiger partial charge in [-0.2, -0.15) is 0 Å². The molecule has 0 aromatic heterocycles. The van der Waals surface area contributed by atoms with Crippen LogP contribution in [0, 0.1) is 11.8 Å². The molecular formula is C35H39NO6. The van der Waals surface area contributed by atoms with Crippen molar-refractivity contribution in [1.82, 2.24) is 4.90 Å². The van der Waals surface area contributed by atoms with E-state index in [1.54, 1.807) is 19.0 Å². The quantitative estimate of drug-likeness (QED) is 0.161. The maximum absolute atomic E-state index is 12.7. The molecule has 7 heteroatoms. The van der Waals surface area contributed by atoms with Gasteiger partial charge in [0.25, 0.3) is 5.91 Å². The normalized spacial score (nSPS) is 10.4. The molecule has 0 unspecified atom stereocenters. The second-order valence-electron chi connectivity index (χ2n) is 10.4. The number of aryl methyl sites for hydroxylation is 1. The first-order chi connectivity index (χ1) is 20.2. The van der Waals surface area contributed by atoms with Crippen molar-refractivity contribution < 1.29 is 29.3 Å². The largest absolute Gasteiger partial charge is 0.493 e. The van der Waals surface area contributed by atoms with Crippen molar-refractivity contribution in [3.63, 3.8) is 0 Å². The third-order valence-electron chi connectivity index (χ3n) is 6.79. The van der Waals surface area contributed by atoms with Gasteiger partial charge in [-0.15, -0.1) is 0 Å². The van der Waals surface area contributed by atoms with Crippen LogP contribution in [0.5, 0.6) is 5.75 Å². The first-order valence-electron chi connectivity index (χ1n) is 14.3. The molecule has 0 aliphatic heterocycles. The molecule has 220 valence electrons. The molecule has 42 heavy (non-hydrogen) atoms. The number of carbonyl (C=O) groups is 3. The number of benzene rings is 3. The topological polar surface area (TPSA) is 104 Å². The van der Waals surface area contributed by atoms with Crippen LogP contribution in [0.1, 0.15) is 72.0 Å². The van der Waals surface area contributed by atoms with Crippen LogP contribution < -0.4 is 4.74 Å². The van der Waals surface area contributed by atoms with Gasteiger partial charge in [-0.05, 0) is 78.6 Å². The number of hydrogen-bond acceptors (Lipinski definition) is 4. The van der Waals surface area contributed by atoms with Crippen molar-refractivity contribution in [1.29, 1.82) is 0 Å². The number of nitrogens with zero attached hydrogens (tertiary/aromatic N) is 1. The van der Waals surface area contributed by atoms with E-state index in [0.29, 0.717) is 24.2 Å². The standard InChI is InChI=1S/C35H39NO6/c1-36(2)35(41)30-24-26(23-29(25-30)27-14-9-6-10-15-27)13-7-4-3-5-8-16-28-17-11-18-32(31(28)20-21-34(39)40)42-22-12-19-33(37)38/h6,9-11,14-15,17-18,23-25H,3-5,8,12,16,19-22H2,1-2H3,(H,37,38)(H,39,40). The molecule has 0 bridgehead atoms. The number of ether oxygens (including phenoxy) is 1. The van der Waals surface area contributed by atoms with Crippen LogP contribution in [0.2, 0.25) is 0 Å². The number of hydrogen-bond donors (Lipinski definition) is 2. The molecule has 3 aromatic rings. The van der Waals surface area contributed by atoms with E-state index < -0.39 is 11.9 Å². The van der Waals surface area contributed by atoms with Gasteiger partial charge in [0, 0.05) is 44.5 Å². The first kappa shape index (κ1) is 32.0. The fraction of sp³-hybridized carbons (Fsp3) is 0.343. The summed E-state index contributed by atoms with van der Waals surface area (Å²) in [5.74, 6) is 5.34. The Morgan fingerprint density at radius 3 is 2.26 bits per heavy atom. The highest BCUT2D eigenvalue weighted by atomic mass is 16.5. The zero-order valence-electron chi connectivity index (χ0n) is 24.4. The minimum absolute atomic E-state index is 0.00537. The molecule has 0 radical (unpaired) electrons. The van der Waals surface area contributed by atoms with E-state index in [4.69, 9.17) is 9.84 Å². The molecule has 0 fully saturated rings. The van der Waals surface area contributed by atoms with Gasteiger partial charge >= 0.3 is 11.9 Å². The van der Waals surface area contributed by atoms with Gasteiger partial charge in [0.15, 0.2) is 0 Å². The minimum atomic E-state index is -0.868. The summed E-state index contributed by atoms with van der Waals surface area (Å²) in [6, 6.07) is 21.4. The first-order valence-corrected chi connectivity index (χ1v) is 14.3. The minimum Gasteiger partial charge on any atom is -0.493 e. The summed E-state index contributed by atoms with van der Waals surface area (Å²) in [4.78, 5) is 36.2. The Bertz CT molecular complexity index is 1420. The summed E-state index contributed by atoms with van der Waals surface area (Å²) < 4.78 is 5.84. The SMILES string of the molecule is CN(C)C(=O)c1cc(C#CCCCCCc2cccc(OCCCC(=O)O)c2CCC(=O)O)cc(-c2ccccc2)c1. The van der Waals surface area contributed by atoms with Crippen molar-refractivity contribution in [2.75, 3.05) is 20.7 Å². The number of aliphatic carboxylic acids is 2. The summed E-state index contributed by atoms with van der Waals surface area (Å²) in [7, 11) is 3.48. The van der Waals surface area contributed by atoms with E-state index in [1.165, 1.54) is 0 Å². The number of rotatable bonds is 15. The Morgan fingerprint density at radius 1 is 0.786 bits per heavy atom. The lowest BCUT2D eigenvalue weighted by Gasteiger charge is -2.15. The van der Waals surface area contributed by atoms with Crippen LogP contribution in [0.3, 0.4) is 0 Å². The third-order valence-corrected chi connectivity index (χ3v) is 6.79. The van der Waals surface area contributed by atoms with Gasteiger partial charge in [-0.1, -0.05) is 60.7 Å². The Balaban J connectivity index is 1.59. The summed E-state index contributed by atoms with van der Waals surface area (Å²) in [5, 5.41) is 18.1. The number of carboxylic acids is 2. The molecule has 0 spiro atoms. The van der Waals surface area contributed by atoms with E-state index >= 15 is 0 Å². The van der Waals surface area contributed by atoms with E-state index in [-0.39, 0.29) is 25.4 Å². The highest BCUT2D eigenvalue weighted by Gasteiger charge is 2.13. The lowest BCUT2D eigenvalue weighted by Crippen LogP contribution is -2.21. The van der Waals surface area contributed by atoms with Crippen LogP contribution in [-0.4, -0.2) is 53.7 Å². The lowest BCUT2D eigenvalue weighted by atomic mass is 9.96. The number of carbonyl (C=O) groups excluding carboxylic acids is 1. The zero-order chi connectivity index (χ0) is 30.3. The number of unbranched alkanes of at least 4 members (excludes halogenated alkanes) is 3. The fourth-order valence-corrected chi connectivity index (χ4v) is 4.65. The van der Waals surface area contributed by atoms with Crippen LogP contribution >= 0.6 is 0 Å².